The molecule has 0 saturated carbocycles. The molecule has 1 aromatic carbocycles. The molecule has 0 aliphatic carbocycles. The van der Waals surface area contributed by atoms with Gasteiger partial charge in [0.05, 0.1) is 17.1 Å². The fourth-order valence-corrected chi connectivity index (χ4v) is 1.75. The number of hydrogen-bond donors (Lipinski definition) is 1. The number of aromatic nitrogens is 3. The number of hydrogen-bond acceptors (Lipinski definition) is 5. The van der Waals surface area contributed by atoms with Gasteiger partial charge in [0.15, 0.2) is 0 Å². The molecule has 4 nitrogen and oxygen atoms in total. The first-order valence-electron chi connectivity index (χ1n) is 5.73. The van der Waals surface area contributed by atoms with Crippen LogP contribution < -0.4 is 5.32 Å². The van der Waals surface area contributed by atoms with Crippen molar-refractivity contribution < 1.29 is 8.78 Å². The molecule has 1 N–H and O–H groups in total. The molecule has 0 unspecified atom stereocenters. The van der Waals surface area contributed by atoms with Gasteiger partial charge >= 0.3 is 0 Å². The van der Waals surface area contributed by atoms with Crippen molar-refractivity contribution in [1.29, 1.82) is 0 Å². The lowest BCUT2D eigenvalue weighted by Gasteiger charge is -2.03. The predicted octanol–water partition coefficient (Wildman–Crippen LogP) is 3.26. The second-order valence-corrected chi connectivity index (χ2v) is 4.64. The largest absolute Gasteiger partial charge is 0.359 e. The number of nitrogens with one attached hydrogen (secondary N) is 1. The zero-order valence-electron chi connectivity index (χ0n) is 10.9. The van der Waals surface area contributed by atoms with E-state index in [1.54, 1.807) is 13.0 Å². The van der Waals surface area contributed by atoms with Crippen LogP contribution in [0.4, 0.5) is 14.5 Å². The van der Waals surface area contributed by atoms with Crippen LogP contribution >= 0.6 is 11.8 Å². The van der Waals surface area contributed by atoms with E-state index in [2.05, 4.69) is 20.5 Å². The molecule has 7 heteroatoms. The molecule has 2 rings (SSSR count). The minimum atomic E-state index is -0.656. The first-order chi connectivity index (χ1) is 9.60. The van der Waals surface area contributed by atoms with Crippen molar-refractivity contribution in [2.75, 3.05) is 11.6 Å². The average Bonchev–Trinajstić information content (AvgIpc) is 2.43. The Morgan fingerprint density at radius 1 is 1.25 bits per heavy atom. The van der Waals surface area contributed by atoms with E-state index in [0.717, 1.165) is 6.07 Å². The summed E-state index contributed by atoms with van der Waals surface area (Å²) in [4.78, 5) is 4.27. The van der Waals surface area contributed by atoms with Crippen LogP contribution in [0.15, 0.2) is 29.6 Å². The maximum atomic E-state index is 13.4. The minimum Gasteiger partial charge on any atom is -0.359 e. The predicted molar refractivity (Wildman–Crippen MR) is 75.4 cm³/mol. The van der Waals surface area contributed by atoms with Crippen molar-refractivity contribution >= 4 is 23.5 Å². The van der Waals surface area contributed by atoms with E-state index in [9.17, 15) is 8.78 Å². The second kappa shape index (κ2) is 6.42. The summed E-state index contributed by atoms with van der Waals surface area (Å²) in [6.07, 6.45) is 5.04. The Labute approximate surface area is 119 Å². The van der Waals surface area contributed by atoms with E-state index in [4.69, 9.17) is 0 Å². The Balaban J connectivity index is 2.13. The highest BCUT2D eigenvalue weighted by Crippen LogP contribution is 2.15. The average molecular weight is 294 g/mol. The number of aryl methyl sites for hydroxylation is 1. The number of nitrogens with zero attached hydrogens (tertiary/aromatic N) is 3. The van der Waals surface area contributed by atoms with Crippen LogP contribution in [-0.4, -0.2) is 21.4 Å². The minimum absolute atomic E-state index is 0.187. The maximum absolute atomic E-state index is 13.4. The van der Waals surface area contributed by atoms with Gasteiger partial charge in [0.1, 0.15) is 11.6 Å². The summed E-state index contributed by atoms with van der Waals surface area (Å²) in [5.41, 5.74) is 1.49. The first-order valence-corrected chi connectivity index (χ1v) is 6.96. The SMILES string of the molecule is CSc1nnc(C)c(C=CNc2ccc(F)cc2F)n1. The Morgan fingerprint density at radius 3 is 2.75 bits per heavy atom. The molecule has 1 heterocycles. The van der Waals surface area contributed by atoms with Gasteiger partial charge in [0.2, 0.25) is 5.16 Å². The fraction of sp³-hybridized carbons (Fsp3) is 0.154. The summed E-state index contributed by atoms with van der Waals surface area (Å²) < 4.78 is 26.2. The van der Waals surface area contributed by atoms with Crippen molar-refractivity contribution in [3.05, 3.63) is 47.4 Å². The Hall–Kier alpha value is -2.02. The molecule has 0 saturated heterocycles. The van der Waals surface area contributed by atoms with E-state index in [1.165, 1.54) is 30.1 Å². The zero-order chi connectivity index (χ0) is 14.5. The summed E-state index contributed by atoms with van der Waals surface area (Å²) in [5.74, 6) is -1.27. The van der Waals surface area contributed by atoms with Crippen molar-refractivity contribution in [2.45, 2.75) is 12.1 Å². The third-order valence-corrected chi connectivity index (χ3v) is 3.00. The van der Waals surface area contributed by atoms with E-state index < -0.39 is 11.6 Å². The lowest BCUT2D eigenvalue weighted by molar-refractivity contribution is 0.586. The molecule has 2 aromatic rings. The van der Waals surface area contributed by atoms with Crippen LogP contribution in [0.25, 0.3) is 6.08 Å². The van der Waals surface area contributed by atoms with Gasteiger partial charge in [-0.25, -0.2) is 13.8 Å². The summed E-state index contributed by atoms with van der Waals surface area (Å²) in [6.45, 7) is 1.78. The molecule has 0 amide bonds. The Morgan fingerprint density at radius 2 is 2.05 bits per heavy atom. The third kappa shape index (κ3) is 3.51. The van der Waals surface area contributed by atoms with Gasteiger partial charge < -0.3 is 5.32 Å². The summed E-state index contributed by atoms with van der Waals surface area (Å²) >= 11 is 1.38. The Kier molecular flexibility index (Phi) is 4.62. The highest BCUT2D eigenvalue weighted by molar-refractivity contribution is 7.98. The van der Waals surface area contributed by atoms with Crippen molar-refractivity contribution in [1.82, 2.24) is 15.2 Å². The lowest BCUT2D eigenvalue weighted by Crippen LogP contribution is -1.98. The lowest BCUT2D eigenvalue weighted by atomic mass is 10.3. The molecular weight excluding hydrogens is 282 g/mol. The zero-order valence-corrected chi connectivity index (χ0v) is 11.7. The second-order valence-electron chi connectivity index (χ2n) is 3.87. The number of anilines is 1. The number of rotatable bonds is 4. The molecule has 0 spiro atoms. The highest BCUT2D eigenvalue weighted by atomic mass is 32.2. The molecular formula is C13H12F2N4S. The van der Waals surface area contributed by atoms with Crippen LogP contribution in [0, 0.1) is 18.6 Å². The monoisotopic (exact) mass is 294 g/mol. The summed E-state index contributed by atoms with van der Waals surface area (Å²) in [5, 5.41) is 11.2. The number of halogens is 2. The van der Waals surface area contributed by atoms with Gasteiger partial charge in [-0.05, 0) is 31.4 Å². The summed E-state index contributed by atoms with van der Waals surface area (Å²) in [7, 11) is 0. The van der Waals surface area contributed by atoms with Gasteiger partial charge in [-0.3, -0.25) is 0 Å². The van der Waals surface area contributed by atoms with Crippen molar-refractivity contribution in [3.8, 4) is 0 Å². The molecule has 0 atom stereocenters. The van der Waals surface area contributed by atoms with Gasteiger partial charge in [0.25, 0.3) is 0 Å². The topological polar surface area (TPSA) is 50.7 Å². The highest BCUT2D eigenvalue weighted by Gasteiger charge is 2.03. The van der Waals surface area contributed by atoms with E-state index in [-0.39, 0.29) is 5.69 Å². The first kappa shape index (κ1) is 14.4. The molecule has 1 aromatic heterocycles. The van der Waals surface area contributed by atoms with Crippen molar-refractivity contribution in [3.63, 3.8) is 0 Å². The molecule has 104 valence electrons. The maximum Gasteiger partial charge on any atom is 0.209 e. The van der Waals surface area contributed by atoms with E-state index in [1.807, 2.05) is 6.26 Å². The van der Waals surface area contributed by atoms with Gasteiger partial charge in [-0.2, -0.15) is 5.10 Å². The molecule has 0 aliphatic heterocycles. The smallest absolute Gasteiger partial charge is 0.209 e. The third-order valence-electron chi connectivity index (χ3n) is 2.47. The van der Waals surface area contributed by atoms with Crippen LogP contribution in [0.5, 0.6) is 0 Å². The molecule has 0 aliphatic rings. The van der Waals surface area contributed by atoms with Gasteiger partial charge in [-0.15, -0.1) is 5.10 Å². The molecule has 0 bridgehead atoms. The quantitative estimate of drug-likeness (QED) is 0.877. The summed E-state index contributed by atoms with van der Waals surface area (Å²) in [6, 6.07) is 3.33. The Bertz CT molecular complexity index is 646. The van der Waals surface area contributed by atoms with Gasteiger partial charge in [0, 0.05) is 12.3 Å². The van der Waals surface area contributed by atoms with Crippen LogP contribution in [0.2, 0.25) is 0 Å². The van der Waals surface area contributed by atoms with Crippen LogP contribution in [0.1, 0.15) is 11.4 Å². The fourth-order valence-electron chi connectivity index (χ4n) is 1.44. The normalized spacial score (nSPS) is 11.0. The van der Waals surface area contributed by atoms with Crippen molar-refractivity contribution in [2.24, 2.45) is 0 Å². The molecule has 20 heavy (non-hydrogen) atoms. The molecule has 0 fully saturated rings. The molecule has 0 radical (unpaired) electrons. The van der Waals surface area contributed by atoms with E-state index in [0.29, 0.717) is 16.5 Å². The standard InChI is InChI=1S/C13H12F2N4S/c1-8-11(17-13(20-2)19-18-8)5-6-16-12-4-3-9(14)7-10(12)15/h3-7,16H,1-2H3. The van der Waals surface area contributed by atoms with Crippen LogP contribution in [-0.2, 0) is 0 Å². The number of benzene rings is 1. The van der Waals surface area contributed by atoms with Gasteiger partial charge in [-0.1, -0.05) is 11.8 Å². The van der Waals surface area contributed by atoms with Crippen LogP contribution in [0.3, 0.4) is 0 Å². The number of thioether (sulfide) groups is 1. The van der Waals surface area contributed by atoms with E-state index >= 15 is 0 Å².